The zero-order valence-electron chi connectivity index (χ0n) is 13.2. The molecule has 1 fully saturated rings. The van der Waals surface area contributed by atoms with Gasteiger partial charge in [-0.25, -0.2) is 4.98 Å². The average Bonchev–Trinajstić information content (AvgIpc) is 3.27. The van der Waals surface area contributed by atoms with Crippen LogP contribution >= 0.6 is 0 Å². The van der Waals surface area contributed by atoms with Gasteiger partial charge in [0.2, 0.25) is 0 Å². The molecule has 5 heteroatoms. The lowest BCUT2D eigenvalue weighted by Gasteiger charge is -2.19. The molecule has 1 aliphatic rings. The molecule has 0 aromatic carbocycles. The molecule has 0 atom stereocenters. The van der Waals surface area contributed by atoms with Crippen molar-refractivity contribution in [2.45, 2.75) is 39.5 Å². The first kappa shape index (κ1) is 14.0. The number of aryl methyl sites for hydroxylation is 2. The van der Waals surface area contributed by atoms with Gasteiger partial charge >= 0.3 is 0 Å². The number of aromatic nitrogens is 3. The van der Waals surface area contributed by atoms with E-state index in [2.05, 4.69) is 5.10 Å². The maximum atomic E-state index is 12.8. The second-order valence-electron chi connectivity index (χ2n) is 5.75. The Kier molecular flexibility index (Phi) is 3.43. The summed E-state index contributed by atoms with van der Waals surface area (Å²) in [6, 6.07) is 2.00. The van der Waals surface area contributed by atoms with E-state index in [0.29, 0.717) is 5.92 Å². The van der Waals surface area contributed by atoms with Crippen molar-refractivity contribution in [3.05, 3.63) is 23.0 Å². The molecule has 0 spiro atoms. The molecule has 5 nitrogen and oxygen atoms in total. The molecule has 2 aromatic heterocycles. The fourth-order valence-electron chi connectivity index (χ4n) is 2.90. The summed E-state index contributed by atoms with van der Waals surface area (Å²) in [5, 5.41) is 5.35. The van der Waals surface area contributed by atoms with Crippen LogP contribution in [0.5, 0.6) is 0 Å². The molecule has 1 saturated carbocycles. The molecule has 2 heterocycles. The molecular formula is C16H22N4O. The zero-order valence-corrected chi connectivity index (χ0v) is 13.2. The van der Waals surface area contributed by atoms with Crippen molar-refractivity contribution in [2.75, 3.05) is 13.1 Å². The van der Waals surface area contributed by atoms with Gasteiger partial charge in [-0.1, -0.05) is 0 Å². The fourth-order valence-corrected chi connectivity index (χ4v) is 2.90. The van der Waals surface area contributed by atoms with E-state index < -0.39 is 0 Å². The first-order chi connectivity index (χ1) is 10.1. The maximum absolute atomic E-state index is 12.8. The summed E-state index contributed by atoms with van der Waals surface area (Å²) in [6.45, 7) is 7.41. The van der Waals surface area contributed by atoms with Gasteiger partial charge in [-0.2, -0.15) is 5.10 Å². The lowest BCUT2D eigenvalue weighted by atomic mass is 10.1. The number of fused-ring (bicyclic) bond motifs is 1. The minimum atomic E-state index is 0.0883. The summed E-state index contributed by atoms with van der Waals surface area (Å²) in [6.07, 6.45) is 2.35. The van der Waals surface area contributed by atoms with Crippen molar-refractivity contribution in [1.82, 2.24) is 19.7 Å². The second kappa shape index (κ2) is 5.13. The number of amides is 1. The summed E-state index contributed by atoms with van der Waals surface area (Å²) in [7, 11) is 1.89. The SMILES string of the molecule is CCN(CC)C(=O)c1cc(C2CC2)nc2c1c(C)nn2C. The molecule has 0 aliphatic heterocycles. The van der Waals surface area contributed by atoms with E-state index in [9.17, 15) is 4.79 Å². The van der Waals surface area contributed by atoms with E-state index in [1.807, 2.05) is 38.8 Å². The van der Waals surface area contributed by atoms with Crippen LogP contribution in [-0.4, -0.2) is 38.7 Å². The monoisotopic (exact) mass is 286 g/mol. The van der Waals surface area contributed by atoms with Crippen LogP contribution in [0.25, 0.3) is 11.0 Å². The van der Waals surface area contributed by atoms with E-state index in [1.54, 1.807) is 4.68 Å². The predicted molar refractivity (Wildman–Crippen MR) is 82.5 cm³/mol. The molecule has 0 N–H and O–H groups in total. The average molecular weight is 286 g/mol. The summed E-state index contributed by atoms with van der Waals surface area (Å²) in [5.74, 6) is 0.609. The van der Waals surface area contributed by atoms with Crippen LogP contribution in [0.4, 0.5) is 0 Å². The third-order valence-corrected chi connectivity index (χ3v) is 4.27. The summed E-state index contributed by atoms with van der Waals surface area (Å²) in [4.78, 5) is 19.4. The Morgan fingerprint density at radius 1 is 1.38 bits per heavy atom. The van der Waals surface area contributed by atoms with Crippen molar-refractivity contribution in [2.24, 2.45) is 7.05 Å². The topological polar surface area (TPSA) is 51.0 Å². The number of hydrogen-bond donors (Lipinski definition) is 0. The fraction of sp³-hybridized carbons (Fsp3) is 0.562. The van der Waals surface area contributed by atoms with Gasteiger partial charge in [-0.3, -0.25) is 9.48 Å². The lowest BCUT2D eigenvalue weighted by molar-refractivity contribution is 0.0774. The lowest BCUT2D eigenvalue weighted by Crippen LogP contribution is -2.30. The smallest absolute Gasteiger partial charge is 0.254 e. The highest BCUT2D eigenvalue weighted by molar-refractivity contribution is 6.06. The van der Waals surface area contributed by atoms with Crippen LogP contribution in [0.1, 0.15) is 54.4 Å². The van der Waals surface area contributed by atoms with Crippen LogP contribution < -0.4 is 0 Å². The van der Waals surface area contributed by atoms with E-state index in [0.717, 1.165) is 41.1 Å². The van der Waals surface area contributed by atoms with Gasteiger partial charge in [0.15, 0.2) is 5.65 Å². The number of pyridine rings is 1. The minimum absolute atomic E-state index is 0.0883. The standard InChI is InChI=1S/C16H22N4O/c1-5-20(6-2)16(21)12-9-13(11-7-8-11)17-15-14(12)10(3)18-19(15)4/h9,11H,5-8H2,1-4H3. The van der Waals surface area contributed by atoms with Crippen molar-refractivity contribution >= 4 is 16.9 Å². The molecule has 0 saturated heterocycles. The molecule has 1 amide bonds. The molecule has 0 bridgehead atoms. The molecule has 21 heavy (non-hydrogen) atoms. The number of carbonyl (C=O) groups excluding carboxylic acids is 1. The Morgan fingerprint density at radius 3 is 2.62 bits per heavy atom. The molecule has 3 rings (SSSR count). The molecule has 0 radical (unpaired) electrons. The molecule has 2 aromatic rings. The highest BCUT2D eigenvalue weighted by atomic mass is 16.2. The predicted octanol–water partition coefficient (Wildman–Crippen LogP) is 2.64. The van der Waals surface area contributed by atoms with Crippen LogP contribution in [0.3, 0.4) is 0 Å². The second-order valence-corrected chi connectivity index (χ2v) is 5.75. The number of rotatable bonds is 4. The van der Waals surface area contributed by atoms with Crippen molar-refractivity contribution in [3.63, 3.8) is 0 Å². The third kappa shape index (κ3) is 2.30. The number of nitrogens with zero attached hydrogens (tertiary/aromatic N) is 4. The first-order valence-electron chi connectivity index (χ1n) is 7.70. The van der Waals surface area contributed by atoms with Gasteiger partial charge in [0.05, 0.1) is 16.6 Å². The first-order valence-corrected chi connectivity index (χ1v) is 7.70. The summed E-state index contributed by atoms with van der Waals surface area (Å²) < 4.78 is 1.79. The van der Waals surface area contributed by atoms with E-state index in [4.69, 9.17) is 4.98 Å². The van der Waals surface area contributed by atoms with Gasteiger partial charge in [-0.15, -0.1) is 0 Å². The molecular weight excluding hydrogens is 264 g/mol. The van der Waals surface area contributed by atoms with Crippen LogP contribution in [-0.2, 0) is 7.05 Å². The maximum Gasteiger partial charge on any atom is 0.254 e. The minimum Gasteiger partial charge on any atom is -0.339 e. The Morgan fingerprint density at radius 2 is 2.05 bits per heavy atom. The zero-order chi connectivity index (χ0) is 15.1. The quantitative estimate of drug-likeness (QED) is 0.868. The van der Waals surface area contributed by atoms with Gasteiger partial charge in [0.1, 0.15) is 0 Å². The van der Waals surface area contributed by atoms with Gasteiger partial charge in [-0.05, 0) is 39.7 Å². The van der Waals surface area contributed by atoms with Gasteiger partial charge in [0, 0.05) is 31.7 Å². The van der Waals surface area contributed by atoms with Crippen LogP contribution in [0.2, 0.25) is 0 Å². The highest BCUT2D eigenvalue weighted by Gasteiger charge is 2.29. The van der Waals surface area contributed by atoms with E-state index in [-0.39, 0.29) is 5.91 Å². The molecule has 1 aliphatic carbocycles. The largest absolute Gasteiger partial charge is 0.339 e. The van der Waals surface area contributed by atoms with Crippen LogP contribution in [0, 0.1) is 6.92 Å². The summed E-state index contributed by atoms with van der Waals surface area (Å²) in [5.41, 5.74) is 3.50. The van der Waals surface area contributed by atoms with E-state index >= 15 is 0 Å². The summed E-state index contributed by atoms with van der Waals surface area (Å²) >= 11 is 0. The Bertz CT molecular complexity index is 696. The molecule has 0 unspecified atom stereocenters. The Labute approximate surface area is 125 Å². The van der Waals surface area contributed by atoms with Crippen molar-refractivity contribution < 1.29 is 4.79 Å². The number of hydrogen-bond acceptors (Lipinski definition) is 3. The van der Waals surface area contributed by atoms with E-state index in [1.165, 1.54) is 12.8 Å². The van der Waals surface area contributed by atoms with Crippen molar-refractivity contribution in [1.29, 1.82) is 0 Å². The van der Waals surface area contributed by atoms with Crippen LogP contribution in [0.15, 0.2) is 6.07 Å². The van der Waals surface area contributed by atoms with Crippen molar-refractivity contribution in [3.8, 4) is 0 Å². The number of carbonyl (C=O) groups is 1. The normalized spacial score (nSPS) is 14.7. The Hall–Kier alpha value is -1.91. The highest BCUT2D eigenvalue weighted by Crippen LogP contribution is 2.40. The molecule has 112 valence electrons. The van der Waals surface area contributed by atoms with Gasteiger partial charge < -0.3 is 4.90 Å². The third-order valence-electron chi connectivity index (χ3n) is 4.27. The Balaban J connectivity index is 2.21. The van der Waals surface area contributed by atoms with Gasteiger partial charge in [0.25, 0.3) is 5.91 Å².